The molecule has 0 unspecified atom stereocenters. The van der Waals surface area contributed by atoms with Gasteiger partial charge in [-0.2, -0.15) is 4.99 Å². The average Bonchev–Trinajstić information content (AvgIpc) is 2.85. The highest BCUT2D eigenvalue weighted by Gasteiger charge is 2.22. The van der Waals surface area contributed by atoms with Crippen molar-refractivity contribution < 1.29 is 29.0 Å². The molecule has 0 aliphatic carbocycles. The Morgan fingerprint density at radius 1 is 1.32 bits per heavy atom. The second-order valence-corrected chi connectivity index (χ2v) is 5.84. The van der Waals surface area contributed by atoms with Crippen LogP contribution in [0.15, 0.2) is 28.1 Å². The molecular formula is C16H15N2O6S-. The van der Waals surface area contributed by atoms with Crippen LogP contribution in [0.25, 0.3) is 6.08 Å². The molecule has 1 N–H and O–H groups in total. The number of nitrogens with zero attached hydrogens (tertiary/aromatic N) is 1. The predicted octanol–water partition coefficient (Wildman–Crippen LogP) is 0.320. The van der Waals surface area contributed by atoms with Gasteiger partial charge in [-0.05, 0) is 42.5 Å². The van der Waals surface area contributed by atoms with Crippen molar-refractivity contribution in [2.45, 2.75) is 13.8 Å². The molecule has 1 aliphatic heterocycles. The molecule has 0 atom stereocenters. The van der Waals surface area contributed by atoms with E-state index in [4.69, 9.17) is 9.47 Å². The monoisotopic (exact) mass is 363 g/mol. The predicted molar refractivity (Wildman–Crippen MR) is 89.9 cm³/mol. The number of amides is 2. The van der Waals surface area contributed by atoms with Crippen LogP contribution in [0.1, 0.15) is 19.4 Å². The van der Waals surface area contributed by atoms with Gasteiger partial charge < -0.3 is 24.7 Å². The van der Waals surface area contributed by atoms with Gasteiger partial charge in [0.25, 0.3) is 5.91 Å². The molecular weight excluding hydrogens is 348 g/mol. The van der Waals surface area contributed by atoms with Crippen molar-refractivity contribution in [1.29, 1.82) is 0 Å². The highest BCUT2D eigenvalue weighted by atomic mass is 32.2. The highest BCUT2D eigenvalue weighted by Crippen LogP contribution is 2.32. The summed E-state index contributed by atoms with van der Waals surface area (Å²) in [5.41, 5.74) is 0.638. The fourth-order valence-electron chi connectivity index (χ4n) is 1.90. The molecule has 0 saturated carbocycles. The first-order chi connectivity index (χ1) is 11.9. The summed E-state index contributed by atoms with van der Waals surface area (Å²) < 4.78 is 10.5. The molecule has 0 aromatic heterocycles. The van der Waals surface area contributed by atoms with Gasteiger partial charge in [-0.15, -0.1) is 0 Å². The van der Waals surface area contributed by atoms with E-state index < -0.39 is 18.5 Å². The number of carbonyl (C=O) groups is 3. The molecule has 1 aliphatic rings. The fourth-order valence-corrected chi connectivity index (χ4v) is 2.76. The number of carbonyl (C=O) groups excluding carboxylic acids is 3. The molecule has 8 nitrogen and oxygen atoms in total. The van der Waals surface area contributed by atoms with E-state index in [1.54, 1.807) is 31.2 Å². The molecule has 132 valence electrons. The zero-order valence-electron chi connectivity index (χ0n) is 13.5. The Hall–Kier alpha value is -2.81. The lowest BCUT2D eigenvalue weighted by atomic mass is 10.2. The van der Waals surface area contributed by atoms with Gasteiger partial charge >= 0.3 is 0 Å². The van der Waals surface area contributed by atoms with E-state index in [2.05, 4.69) is 10.3 Å². The first kappa shape index (κ1) is 18.5. The minimum atomic E-state index is -1.34. The average molecular weight is 363 g/mol. The van der Waals surface area contributed by atoms with Crippen molar-refractivity contribution >= 4 is 40.8 Å². The Bertz CT molecular complexity index is 772. The summed E-state index contributed by atoms with van der Waals surface area (Å²) in [5, 5.41) is 13.2. The number of carboxylic acid groups (broad SMARTS) is 1. The van der Waals surface area contributed by atoms with Crippen molar-refractivity contribution in [2.75, 3.05) is 13.2 Å². The van der Waals surface area contributed by atoms with Gasteiger partial charge in [0.05, 0.1) is 17.5 Å². The molecule has 2 rings (SSSR count). The lowest BCUT2D eigenvalue weighted by Gasteiger charge is -2.13. The van der Waals surface area contributed by atoms with Gasteiger partial charge in [-0.25, -0.2) is 0 Å². The largest absolute Gasteiger partial charge is 0.546 e. The SMILES string of the molecule is CCOc1cc(C=C2SC(NC(C)=O)=NC2=O)ccc1OCC(=O)[O-]. The number of aliphatic carboxylic acids is 1. The van der Waals surface area contributed by atoms with Crippen molar-refractivity contribution in [3.05, 3.63) is 28.7 Å². The van der Waals surface area contributed by atoms with Crippen LogP contribution in [0.3, 0.4) is 0 Å². The summed E-state index contributed by atoms with van der Waals surface area (Å²) in [7, 11) is 0. The summed E-state index contributed by atoms with van der Waals surface area (Å²) in [5.74, 6) is -1.51. The van der Waals surface area contributed by atoms with E-state index in [0.717, 1.165) is 11.8 Å². The van der Waals surface area contributed by atoms with Gasteiger partial charge in [-0.1, -0.05) is 6.07 Å². The summed E-state index contributed by atoms with van der Waals surface area (Å²) >= 11 is 1.05. The summed E-state index contributed by atoms with van der Waals surface area (Å²) in [6.07, 6.45) is 1.59. The summed E-state index contributed by atoms with van der Waals surface area (Å²) in [6.45, 7) is 2.86. The fraction of sp³-hybridized carbons (Fsp3) is 0.250. The quantitative estimate of drug-likeness (QED) is 0.723. The molecule has 0 fully saturated rings. The van der Waals surface area contributed by atoms with Crippen molar-refractivity contribution in [3.63, 3.8) is 0 Å². The molecule has 9 heteroatoms. The molecule has 0 bridgehead atoms. The maximum atomic E-state index is 11.9. The van der Waals surface area contributed by atoms with E-state index in [-0.39, 0.29) is 16.8 Å². The maximum absolute atomic E-state index is 11.9. The van der Waals surface area contributed by atoms with Crippen LogP contribution in [0, 0.1) is 0 Å². The zero-order chi connectivity index (χ0) is 18.4. The third-order valence-corrected chi connectivity index (χ3v) is 3.71. The lowest BCUT2D eigenvalue weighted by molar-refractivity contribution is -0.307. The molecule has 1 heterocycles. The Kier molecular flexibility index (Phi) is 6.18. The lowest BCUT2D eigenvalue weighted by Crippen LogP contribution is -2.29. The van der Waals surface area contributed by atoms with Crippen molar-refractivity contribution in [2.24, 2.45) is 4.99 Å². The topological polar surface area (TPSA) is 117 Å². The minimum absolute atomic E-state index is 0.225. The van der Waals surface area contributed by atoms with E-state index in [9.17, 15) is 19.5 Å². The van der Waals surface area contributed by atoms with Gasteiger partial charge in [0.1, 0.15) is 6.61 Å². The summed E-state index contributed by atoms with van der Waals surface area (Å²) in [6, 6.07) is 4.80. The molecule has 0 radical (unpaired) electrons. The van der Waals surface area contributed by atoms with E-state index in [0.29, 0.717) is 22.8 Å². The Labute approximate surface area is 147 Å². The van der Waals surface area contributed by atoms with Gasteiger partial charge in [0, 0.05) is 6.92 Å². The van der Waals surface area contributed by atoms with Crippen LogP contribution in [-0.4, -0.2) is 36.2 Å². The normalized spacial score (nSPS) is 15.0. The second-order valence-electron chi connectivity index (χ2n) is 4.81. The van der Waals surface area contributed by atoms with Crippen LogP contribution in [0.4, 0.5) is 0 Å². The molecule has 0 saturated heterocycles. The third-order valence-electron chi connectivity index (χ3n) is 2.81. The number of hydrogen-bond acceptors (Lipinski definition) is 7. The van der Waals surface area contributed by atoms with Crippen LogP contribution in [0.5, 0.6) is 11.5 Å². The standard InChI is InChI=1S/C16H16N2O6S/c1-3-23-12-6-10(4-5-11(12)24-8-14(20)21)7-13-15(22)18-16(25-13)17-9(2)19/h4-7H,3,8H2,1-2H3,(H,20,21)(H,17,18,19,22)/p-1. The summed E-state index contributed by atoms with van der Waals surface area (Å²) in [4.78, 5) is 37.5. The van der Waals surface area contributed by atoms with Crippen molar-refractivity contribution in [1.82, 2.24) is 5.32 Å². The second kappa shape index (κ2) is 8.34. The first-order valence-electron chi connectivity index (χ1n) is 7.28. The number of carboxylic acids is 1. The number of amidine groups is 1. The van der Waals surface area contributed by atoms with Gasteiger partial charge in [-0.3, -0.25) is 9.59 Å². The Balaban J connectivity index is 2.19. The maximum Gasteiger partial charge on any atom is 0.286 e. The molecule has 1 aromatic carbocycles. The van der Waals surface area contributed by atoms with E-state index in [1.165, 1.54) is 6.92 Å². The molecule has 2 amide bonds. The van der Waals surface area contributed by atoms with Crippen LogP contribution in [-0.2, 0) is 14.4 Å². The Morgan fingerprint density at radius 2 is 2.08 bits per heavy atom. The minimum Gasteiger partial charge on any atom is -0.546 e. The van der Waals surface area contributed by atoms with Crippen molar-refractivity contribution in [3.8, 4) is 11.5 Å². The van der Waals surface area contributed by atoms with E-state index in [1.807, 2.05) is 0 Å². The Morgan fingerprint density at radius 3 is 2.72 bits per heavy atom. The number of thioether (sulfide) groups is 1. The van der Waals surface area contributed by atoms with E-state index >= 15 is 0 Å². The zero-order valence-corrected chi connectivity index (χ0v) is 14.3. The molecule has 0 spiro atoms. The number of nitrogens with one attached hydrogen (secondary N) is 1. The number of aliphatic imine (C=N–C) groups is 1. The molecule has 25 heavy (non-hydrogen) atoms. The number of benzene rings is 1. The number of rotatable bonds is 6. The highest BCUT2D eigenvalue weighted by molar-refractivity contribution is 8.18. The molecule has 1 aromatic rings. The van der Waals surface area contributed by atoms with Gasteiger partial charge in [0.2, 0.25) is 5.91 Å². The van der Waals surface area contributed by atoms with Crippen LogP contribution in [0.2, 0.25) is 0 Å². The van der Waals surface area contributed by atoms with Crippen LogP contribution >= 0.6 is 11.8 Å². The number of ether oxygens (including phenoxy) is 2. The number of hydrogen-bond donors (Lipinski definition) is 1. The first-order valence-corrected chi connectivity index (χ1v) is 8.10. The smallest absolute Gasteiger partial charge is 0.286 e. The third kappa shape index (κ3) is 5.35. The van der Waals surface area contributed by atoms with Crippen LogP contribution < -0.4 is 19.9 Å². The van der Waals surface area contributed by atoms with Gasteiger partial charge in [0.15, 0.2) is 16.7 Å².